The third-order valence-electron chi connectivity index (χ3n) is 6.13. The zero-order chi connectivity index (χ0) is 21.6. The summed E-state index contributed by atoms with van der Waals surface area (Å²) in [6.45, 7) is 2.71. The second-order valence-corrected chi connectivity index (χ2v) is 10.1. The normalized spacial score (nSPS) is 19.7. The first-order valence-electron chi connectivity index (χ1n) is 10.8. The molecule has 1 saturated carbocycles. The molecular weight excluding hydrogens is 404 g/mol. The van der Waals surface area contributed by atoms with Crippen LogP contribution in [0.5, 0.6) is 5.75 Å². The van der Waals surface area contributed by atoms with Crippen molar-refractivity contribution in [3.8, 4) is 5.75 Å². The van der Waals surface area contributed by atoms with Gasteiger partial charge in [-0.15, -0.1) is 0 Å². The summed E-state index contributed by atoms with van der Waals surface area (Å²) in [5, 5.41) is 2.92. The third kappa shape index (κ3) is 5.94. The lowest BCUT2D eigenvalue weighted by atomic mass is 9.96. The molecule has 1 saturated heterocycles. The van der Waals surface area contributed by atoms with Gasteiger partial charge in [-0.1, -0.05) is 31.4 Å². The van der Waals surface area contributed by atoms with Crippen molar-refractivity contribution in [3.63, 3.8) is 0 Å². The van der Waals surface area contributed by atoms with Gasteiger partial charge in [0.15, 0.2) is 0 Å². The SMILES string of the molecule is COc1ccc(CNC(=O)CN2CCN(S(=O)(=O)N(C)C3CCCCC3)CC2)cc1. The number of ether oxygens (including phenoxy) is 1. The molecule has 1 heterocycles. The maximum Gasteiger partial charge on any atom is 0.282 e. The van der Waals surface area contributed by atoms with E-state index in [0.717, 1.165) is 37.0 Å². The summed E-state index contributed by atoms with van der Waals surface area (Å²) >= 11 is 0. The second kappa shape index (κ2) is 10.6. The molecular formula is C21H34N4O4S. The molecule has 0 spiro atoms. The van der Waals surface area contributed by atoms with E-state index in [0.29, 0.717) is 32.7 Å². The number of benzene rings is 1. The van der Waals surface area contributed by atoms with Gasteiger partial charge in [0.25, 0.3) is 10.2 Å². The average Bonchev–Trinajstić information content (AvgIpc) is 2.78. The molecule has 0 aromatic heterocycles. The molecule has 1 amide bonds. The highest BCUT2D eigenvalue weighted by Gasteiger charge is 2.34. The topological polar surface area (TPSA) is 82.2 Å². The Morgan fingerprint density at radius 3 is 2.33 bits per heavy atom. The zero-order valence-electron chi connectivity index (χ0n) is 18.0. The van der Waals surface area contributed by atoms with Crippen LogP contribution in [0.25, 0.3) is 0 Å². The van der Waals surface area contributed by atoms with E-state index in [-0.39, 0.29) is 18.5 Å². The fourth-order valence-corrected chi connectivity index (χ4v) is 5.71. The number of amides is 1. The molecule has 0 bridgehead atoms. The van der Waals surface area contributed by atoms with Crippen LogP contribution in [0.15, 0.2) is 24.3 Å². The van der Waals surface area contributed by atoms with Gasteiger partial charge in [-0.2, -0.15) is 17.0 Å². The molecule has 1 N–H and O–H groups in total. The van der Waals surface area contributed by atoms with Crippen LogP contribution in [0.3, 0.4) is 0 Å². The number of rotatable bonds is 8. The predicted octanol–water partition coefficient (Wildman–Crippen LogP) is 1.44. The van der Waals surface area contributed by atoms with Crippen LogP contribution in [0.1, 0.15) is 37.7 Å². The minimum absolute atomic E-state index is 0.0542. The van der Waals surface area contributed by atoms with Crippen LogP contribution < -0.4 is 10.1 Å². The lowest BCUT2D eigenvalue weighted by Gasteiger charge is -2.38. The molecule has 168 valence electrons. The Balaban J connectivity index is 1.42. The van der Waals surface area contributed by atoms with Crippen LogP contribution >= 0.6 is 0 Å². The maximum absolute atomic E-state index is 13.0. The smallest absolute Gasteiger partial charge is 0.282 e. The molecule has 9 heteroatoms. The van der Waals surface area contributed by atoms with Crippen LogP contribution in [-0.4, -0.2) is 80.8 Å². The Morgan fingerprint density at radius 2 is 1.73 bits per heavy atom. The predicted molar refractivity (Wildman–Crippen MR) is 116 cm³/mol. The minimum Gasteiger partial charge on any atom is -0.497 e. The Kier molecular flexibility index (Phi) is 8.10. The molecule has 0 unspecified atom stereocenters. The van der Waals surface area contributed by atoms with Gasteiger partial charge >= 0.3 is 0 Å². The Bertz CT molecular complexity index is 786. The van der Waals surface area contributed by atoms with Crippen molar-refractivity contribution in [1.29, 1.82) is 0 Å². The quantitative estimate of drug-likeness (QED) is 0.664. The van der Waals surface area contributed by atoms with Gasteiger partial charge in [-0.05, 0) is 30.5 Å². The first kappa shape index (κ1) is 23.0. The van der Waals surface area contributed by atoms with Gasteiger partial charge in [0, 0.05) is 45.8 Å². The number of hydrogen-bond donors (Lipinski definition) is 1. The number of nitrogens with one attached hydrogen (secondary N) is 1. The summed E-state index contributed by atoms with van der Waals surface area (Å²) in [7, 11) is -0.103. The number of carbonyl (C=O) groups excluding carboxylic acids is 1. The van der Waals surface area contributed by atoms with Gasteiger partial charge in [-0.25, -0.2) is 0 Å². The average molecular weight is 439 g/mol. The van der Waals surface area contributed by atoms with Crippen LogP contribution in [0.2, 0.25) is 0 Å². The van der Waals surface area contributed by atoms with E-state index in [9.17, 15) is 13.2 Å². The van der Waals surface area contributed by atoms with E-state index in [2.05, 4.69) is 5.32 Å². The Morgan fingerprint density at radius 1 is 1.10 bits per heavy atom. The third-order valence-corrected chi connectivity index (χ3v) is 8.17. The molecule has 1 aromatic carbocycles. The highest BCUT2D eigenvalue weighted by atomic mass is 32.2. The number of nitrogens with zero attached hydrogens (tertiary/aromatic N) is 3. The van der Waals surface area contributed by atoms with Gasteiger partial charge in [0.1, 0.15) is 5.75 Å². The van der Waals surface area contributed by atoms with Gasteiger partial charge in [0.2, 0.25) is 5.91 Å². The van der Waals surface area contributed by atoms with Crippen molar-refractivity contribution in [2.75, 3.05) is 46.9 Å². The first-order valence-corrected chi connectivity index (χ1v) is 12.1. The van der Waals surface area contributed by atoms with Crippen molar-refractivity contribution in [2.45, 2.75) is 44.7 Å². The van der Waals surface area contributed by atoms with E-state index in [1.807, 2.05) is 29.2 Å². The van der Waals surface area contributed by atoms with Crippen LogP contribution in [0.4, 0.5) is 0 Å². The first-order chi connectivity index (χ1) is 14.4. The number of piperazine rings is 1. The van der Waals surface area contributed by atoms with Crippen molar-refractivity contribution in [3.05, 3.63) is 29.8 Å². The van der Waals surface area contributed by atoms with Gasteiger partial charge in [-0.3, -0.25) is 9.69 Å². The standard InChI is InChI=1S/C21H34N4O4S/c1-23(19-6-4-3-5-7-19)30(27,28)25-14-12-24(13-15-25)17-21(26)22-16-18-8-10-20(29-2)11-9-18/h8-11,19H,3-7,12-17H2,1-2H3,(H,22,26). The minimum atomic E-state index is -3.44. The molecule has 0 atom stereocenters. The molecule has 3 rings (SSSR count). The van der Waals surface area contributed by atoms with E-state index in [1.165, 1.54) is 6.42 Å². The molecule has 1 aromatic rings. The number of carbonyl (C=O) groups is 1. The highest BCUT2D eigenvalue weighted by molar-refractivity contribution is 7.86. The Labute approximate surface area is 180 Å². The lowest BCUT2D eigenvalue weighted by Crippen LogP contribution is -2.55. The summed E-state index contributed by atoms with van der Waals surface area (Å²) in [6.07, 6.45) is 5.30. The summed E-state index contributed by atoms with van der Waals surface area (Å²) < 4.78 is 34.2. The highest BCUT2D eigenvalue weighted by Crippen LogP contribution is 2.25. The fourth-order valence-electron chi connectivity index (χ4n) is 4.14. The molecule has 1 aliphatic carbocycles. The van der Waals surface area contributed by atoms with Crippen molar-refractivity contribution in [2.24, 2.45) is 0 Å². The summed E-state index contributed by atoms with van der Waals surface area (Å²) in [4.78, 5) is 14.3. The number of hydrogen-bond acceptors (Lipinski definition) is 5. The lowest BCUT2D eigenvalue weighted by molar-refractivity contribution is -0.122. The Hall–Kier alpha value is -1.68. The van der Waals surface area contributed by atoms with E-state index < -0.39 is 10.2 Å². The summed E-state index contributed by atoms with van der Waals surface area (Å²) in [6, 6.07) is 7.69. The molecule has 30 heavy (non-hydrogen) atoms. The monoisotopic (exact) mass is 438 g/mol. The van der Waals surface area contributed by atoms with Gasteiger partial charge in [0.05, 0.1) is 13.7 Å². The van der Waals surface area contributed by atoms with Crippen molar-refractivity contribution < 1.29 is 17.9 Å². The van der Waals surface area contributed by atoms with E-state index in [1.54, 1.807) is 22.8 Å². The van der Waals surface area contributed by atoms with Gasteiger partial charge < -0.3 is 10.1 Å². The maximum atomic E-state index is 13.0. The van der Waals surface area contributed by atoms with Crippen LogP contribution in [0, 0.1) is 0 Å². The summed E-state index contributed by atoms with van der Waals surface area (Å²) in [5.74, 6) is 0.730. The van der Waals surface area contributed by atoms with E-state index in [4.69, 9.17) is 4.74 Å². The van der Waals surface area contributed by atoms with Crippen LogP contribution in [-0.2, 0) is 21.5 Å². The zero-order valence-corrected chi connectivity index (χ0v) is 18.9. The number of methoxy groups -OCH3 is 1. The molecule has 0 radical (unpaired) electrons. The summed E-state index contributed by atoms with van der Waals surface area (Å²) in [5.41, 5.74) is 1.01. The van der Waals surface area contributed by atoms with Crippen molar-refractivity contribution >= 4 is 16.1 Å². The molecule has 2 aliphatic rings. The second-order valence-electron chi connectivity index (χ2n) is 8.12. The van der Waals surface area contributed by atoms with E-state index >= 15 is 0 Å². The molecule has 8 nitrogen and oxygen atoms in total. The largest absolute Gasteiger partial charge is 0.497 e. The van der Waals surface area contributed by atoms with Crippen molar-refractivity contribution in [1.82, 2.24) is 18.8 Å². The molecule has 2 fully saturated rings. The molecule has 1 aliphatic heterocycles. The fraction of sp³-hybridized carbons (Fsp3) is 0.667.